The number of rotatable bonds is 5. The maximum atomic E-state index is 12.4. The second kappa shape index (κ2) is 8.87. The van der Waals surface area contributed by atoms with Crippen LogP contribution in [0.2, 0.25) is 5.02 Å². The number of carbonyl (C=O) groups is 2. The molecule has 6 heteroatoms. The number of carbonyl (C=O) groups excluding carboxylic acids is 2. The summed E-state index contributed by atoms with van der Waals surface area (Å²) in [5, 5.41) is 0.439. The van der Waals surface area contributed by atoms with Crippen molar-refractivity contribution >= 4 is 23.4 Å². The molecule has 3 rings (SSSR count). The van der Waals surface area contributed by atoms with E-state index in [1.54, 1.807) is 42.5 Å². The van der Waals surface area contributed by atoms with Gasteiger partial charge >= 0.3 is 0 Å². The van der Waals surface area contributed by atoms with Crippen molar-refractivity contribution in [2.75, 3.05) is 0 Å². The molecule has 0 heterocycles. The zero-order valence-corrected chi connectivity index (χ0v) is 15.1. The van der Waals surface area contributed by atoms with E-state index in [1.165, 1.54) is 6.07 Å². The van der Waals surface area contributed by atoms with E-state index < -0.39 is 11.8 Å². The molecule has 0 saturated heterocycles. The molecule has 0 atom stereocenters. The van der Waals surface area contributed by atoms with Crippen molar-refractivity contribution in [3.63, 3.8) is 0 Å². The molecule has 5 nitrogen and oxygen atoms in total. The van der Waals surface area contributed by atoms with Gasteiger partial charge in [-0.15, -0.1) is 0 Å². The van der Waals surface area contributed by atoms with Gasteiger partial charge in [0.25, 0.3) is 11.8 Å². The Labute approximate surface area is 161 Å². The van der Waals surface area contributed by atoms with Crippen LogP contribution in [-0.4, -0.2) is 11.8 Å². The first-order chi connectivity index (χ1) is 13.1. The molecule has 136 valence electrons. The summed E-state index contributed by atoms with van der Waals surface area (Å²) in [5.41, 5.74) is 6.42. The van der Waals surface area contributed by atoms with E-state index in [4.69, 9.17) is 16.3 Å². The number of ether oxygens (including phenoxy) is 1. The van der Waals surface area contributed by atoms with E-state index in [9.17, 15) is 9.59 Å². The van der Waals surface area contributed by atoms with Gasteiger partial charge in [-0.25, -0.2) is 0 Å². The lowest BCUT2D eigenvalue weighted by Crippen LogP contribution is -2.41. The molecule has 0 spiro atoms. The predicted molar refractivity (Wildman–Crippen MR) is 104 cm³/mol. The second-order valence-electron chi connectivity index (χ2n) is 5.69. The van der Waals surface area contributed by atoms with Gasteiger partial charge in [0.2, 0.25) is 0 Å². The highest BCUT2D eigenvalue weighted by molar-refractivity contribution is 6.30. The number of hydrogen-bond donors (Lipinski definition) is 2. The first-order valence-corrected chi connectivity index (χ1v) is 8.63. The number of hydrazine groups is 1. The van der Waals surface area contributed by atoms with E-state index >= 15 is 0 Å². The normalized spacial score (nSPS) is 10.1. The molecule has 0 aliphatic carbocycles. The molecule has 0 fully saturated rings. The maximum Gasteiger partial charge on any atom is 0.273 e. The van der Waals surface area contributed by atoms with Crippen molar-refractivity contribution < 1.29 is 14.3 Å². The van der Waals surface area contributed by atoms with Gasteiger partial charge in [0, 0.05) is 10.6 Å². The minimum absolute atomic E-state index is 0.319. The summed E-state index contributed by atoms with van der Waals surface area (Å²) < 4.78 is 5.76. The fourth-order valence-corrected chi connectivity index (χ4v) is 2.59. The molecule has 2 N–H and O–H groups in total. The van der Waals surface area contributed by atoms with E-state index in [0.29, 0.717) is 28.5 Å². The Morgan fingerprint density at radius 3 is 2.30 bits per heavy atom. The van der Waals surface area contributed by atoms with Crippen molar-refractivity contribution in [3.05, 3.63) is 101 Å². The third-order valence-electron chi connectivity index (χ3n) is 3.75. The van der Waals surface area contributed by atoms with Crippen molar-refractivity contribution in [3.8, 4) is 5.75 Å². The average Bonchev–Trinajstić information content (AvgIpc) is 2.71. The molecular weight excluding hydrogens is 364 g/mol. The lowest BCUT2D eigenvalue weighted by Gasteiger charge is -2.12. The molecule has 27 heavy (non-hydrogen) atoms. The Kier molecular flexibility index (Phi) is 6.07. The van der Waals surface area contributed by atoms with Crippen LogP contribution in [0.25, 0.3) is 0 Å². The van der Waals surface area contributed by atoms with Crippen LogP contribution in [0.1, 0.15) is 26.3 Å². The average molecular weight is 381 g/mol. The molecule has 0 radical (unpaired) electrons. The fourth-order valence-electron chi connectivity index (χ4n) is 2.40. The fraction of sp³-hybridized carbons (Fsp3) is 0.0476. The Morgan fingerprint density at radius 1 is 0.815 bits per heavy atom. The summed E-state index contributed by atoms with van der Waals surface area (Å²) in [7, 11) is 0. The Balaban J connectivity index is 1.63. The van der Waals surface area contributed by atoms with Gasteiger partial charge in [-0.1, -0.05) is 60.1 Å². The molecule has 0 saturated carbocycles. The van der Waals surface area contributed by atoms with Crippen LogP contribution in [0.3, 0.4) is 0 Å². The SMILES string of the molecule is O=C(NNC(=O)c1ccccc1OCc1ccccc1)c1cccc(Cl)c1. The monoisotopic (exact) mass is 380 g/mol. The van der Waals surface area contributed by atoms with Crippen molar-refractivity contribution in [1.82, 2.24) is 10.9 Å². The van der Waals surface area contributed by atoms with Gasteiger partial charge in [-0.05, 0) is 35.9 Å². The summed E-state index contributed by atoms with van der Waals surface area (Å²) in [4.78, 5) is 24.6. The summed E-state index contributed by atoms with van der Waals surface area (Å²) in [6, 6.07) is 22.9. The molecule has 0 aromatic heterocycles. The van der Waals surface area contributed by atoms with Gasteiger partial charge in [0.1, 0.15) is 12.4 Å². The summed E-state index contributed by atoms with van der Waals surface area (Å²) >= 11 is 5.87. The van der Waals surface area contributed by atoms with Crippen LogP contribution < -0.4 is 15.6 Å². The third-order valence-corrected chi connectivity index (χ3v) is 3.98. The largest absolute Gasteiger partial charge is 0.488 e. The van der Waals surface area contributed by atoms with E-state index in [-0.39, 0.29) is 0 Å². The molecule has 0 aliphatic heterocycles. The molecule has 0 bridgehead atoms. The highest BCUT2D eigenvalue weighted by Crippen LogP contribution is 2.19. The van der Waals surface area contributed by atoms with Crippen LogP contribution in [-0.2, 0) is 6.61 Å². The van der Waals surface area contributed by atoms with Gasteiger partial charge in [0.15, 0.2) is 0 Å². The zero-order valence-electron chi connectivity index (χ0n) is 14.3. The minimum Gasteiger partial charge on any atom is -0.488 e. The summed E-state index contributed by atoms with van der Waals surface area (Å²) in [6.45, 7) is 0.333. The van der Waals surface area contributed by atoms with Crippen LogP contribution >= 0.6 is 11.6 Å². The van der Waals surface area contributed by atoms with E-state index in [0.717, 1.165) is 5.56 Å². The topological polar surface area (TPSA) is 67.4 Å². The second-order valence-corrected chi connectivity index (χ2v) is 6.13. The number of benzene rings is 3. The van der Waals surface area contributed by atoms with Crippen LogP contribution in [0.5, 0.6) is 5.75 Å². The lowest BCUT2D eigenvalue weighted by atomic mass is 10.2. The number of hydrogen-bond acceptors (Lipinski definition) is 3. The Morgan fingerprint density at radius 2 is 1.52 bits per heavy atom. The third kappa shape index (κ3) is 5.09. The maximum absolute atomic E-state index is 12.4. The van der Waals surface area contributed by atoms with E-state index in [2.05, 4.69) is 10.9 Å². The number of para-hydroxylation sites is 1. The molecule has 0 unspecified atom stereocenters. The van der Waals surface area contributed by atoms with Crippen LogP contribution in [0, 0.1) is 0 Å². The Bertz CT molecular complexity index is 945. The van der Waals surface area contributed by atoms with Crippen molar-refractivity contribution in [2.45, 2.75) is 6.61 Å². The lowest BCUT2D eigenvalue weighted by molar-refractivity contribution is 0.0844. The van der Waals surface area contributed by atoms with Crippen LogP contribution in [0.4, 0.5) is 0 Å². The molecule has 3 aromatic carbocycles. The highest BCUT2D eigenvalue weighted by Gasteiger charge is 2.14. The smallest absolute Gasteiger partial charge is 0.273 e. The molecule has 2 amide bonds. The summed E-state index contributed by atoms with van der Waals surface area (Å²) in [5.74, 6) is -0.515. The standard InChI is InChI=1S/C21H17ClN2O3/c22-17-10-6-9-16(13-17)20(25)23-24-21(26)18-11-4-5-12-19(18)27-14-15-7-2-1-3-8-15/h1-13H,14H2,(H,23,25)(H,24,26). The highest BCUT2D eigenvalue weighted by atomic mass is 35.5. The van der Waals surface area contributed by atoms with Gasteiger partial charge < -0.3 is 4.74 Å². The van der Waals surface area contributed by atoms with Crippen molar-refractivity contribution in [1.29, 1.82) is 0 Å². The van der Waals surface area contributed by atoms with Gasteiger partial charge in [-0.3, -0.25) is 20.4 Å². The minimum atomic E-state index is -0.478. The number of halogens is 1. The molecule has 0 aliphatic rings. The number of amides is 2. The first-order valence-electron chi connectivity index (χ1n) is 8.25. The quantitative estimate of drug-likeness (QED) is 0.657. The van der Waals surface area contributed by atoms with Crippen LogP contribution in [0.15, 0.2) is 78.9 Å². The number of nitrogens with one attached hydrogen (secondary N) is 2. The predicted octanol–water partition coefficient (Wildman–Crippen LogP) is 3.99. The summed E-state index contributed by atoms with van der Waals surface area (Å²) in [6.07, 6.45) is 0. The van der Waals surface area contributed by atoms with Crippen molar-refractivity contribution in [2.24, 2.45) is 0 Å². The Hall–Kier alpha value is -3.31. The zero-order chi connectivity index (χ0) is 19.1. The molecule has 3 aromatic rings. The van der Waals surface area contributed by atoms with E-state index in [1.807, 2.05) is 30.3 Å². The molecular formula is C21H17ClN2O3. The van der Waals surface area contributed by atoms with Gasteiger partial charge in [0.05, 0.1) is 5.56 Å². The van der Waals surface area contributed by atoms with Gasteiger partial charge in [-0.2, -0.15) is 0 Å². The first kappa shape index (κ1) is 18.5.